The second kappa shape index (κ2) is 3.89. The molecule has 0 saturated heterocycles. The van der Waals surface area contributed by atoms with Crippen LogP contribution in [0.15, 0.2) is 0 Å². The summed E-state index contributed by atoms with van der Waals surface area (Å²) in [6.07, 6.45) is 2.09. The Bertz CT molecular complexity index is 128. The molecule has 0 aromatic carbocycles. The molecule has 11 heavy (non-hydrogen) atoms. The molecule has 0 atom stereocenters. The van der Waals surface area contributed by atoms with Gasteiger partial charge in [0.05, 0.1) is 0 Å². The first-order valence-electron chi connectivity index (χ1n) is 4.40. The molecule has 0 aromatic heterocycles. The fraction of sp³-hybridized carbons (Fsp3) is 0.900. The van der Waals surface area contributed by atoms with E-state index in [4.69, 9.17) is 5.41 Å². The molecule has 0 aliphatic heterocycles. The van der Waals surface area contributed by atoms with Crippen molar-refractivity contribution in [3.05, 3.63) is 0 Å². The van der Waals surface area contributed by atoms with E-state index >= 15 is 0 Å². The van der Waals surface area contributed by atoms with E-state index in [-0.39, 0.29) is 0 Å². The second-order valence-corrected chi connectivity index (χ2v) is 4.74. The minimum atomic E-state index is 0.376. The molecule has 66 valence electrons. The van der Waals surface area contributed by atoms with Gasteiger partial charge in [-0.1, -0.05) is 34.6 Å². The Labute approximate surface area is 70.7 Å². The maximum Gasteiger partial charge on any atom is 0.0115 e. The van der Waals surface area contributed by atoms with Crippen molar-refractivity contribution in [3.63, 3.8) is 0 Å². The number of rotatable bonds is 3. The lowest BCUT2D eigenvalue weighted by molar-refractivity contribution is 0.384. The largest absolute Gasteiger partial charge is 0.309 e. The van der Waals surface area contributed by atoms with Gasteiger partial charge in [-0.15, -0.1) is 0 Å². The van der Waals surface area contributed by atoms with Crippen LogP contribution in [0.25, 0.3) is 0 Å². The molecule has 0 radical (unpaired) electrons. The Balaban J connectivity index is 3.64. The zero-order chi connectivity index (χ0) is 9.07. The highest BCUT2D eigenvalue weighted by atomic mass is 14.4. The van der Waals surface area contributed by atoms with Crippen LogP contribution in [0.1, 0.15) is 47.5 Å². The van der Waals surface area contributed by atoms with Crippen LogP contribution in [-0.4, -0.2) is 5.71 Å². The lowest BCUT2D eigenvalue weighted by atomic mass is 9.88. The SMILES string of the molecule is CC(C)C(=N)CCC(C)(C)C. The van der Waals surface area contributed by atoms with Gasteiger partial charge in [0.2, 0.25) is 0 Å². The quantitative estimate of drug-likeness (QED) is 0.603. The van der Waals surface area contributed by atoms with Crippen LogP contribution >= 0.6 is 0 Å². The van der Waals surface area contributed by atoms with Gasteiger partial charge in [-0.25, -0.2) is 0 Å². The summed E-state index contributed by atoms with van der Waals surface area (Å²) >= 11 is 0. The van der Waals surface area contributed by atoms with Crippen molar-refractivity contribution in [2.24, 2.45) is 11.3 Å². The second-order valence-electron chi connectivity index (χ2n) is 4.74. The first-order valence-corrected chi connectivity index (χ1v) is 4.40. The molecule has 0 unspecified atom stereocenters. The molecule has 0 aromatic rings. The average Bonchev–Trinajstić information content (AvgIpc) is 1.80. The van der Waals surface area contributed by atoms with Gasteiger partial charge in [-0.2, -0.15) is 0 Å². The maximum atomic E-state index is 7.62. The molecule has 0 amide bonds. The molecule has 1 N–H and O–H groups in total. The summed E-state index contributed by atoms with van der Waals surface area (Å²) in [4.78, 5) is 0. The summed E-state index contributed by atoms with van der Waals surface area (Å²) in [5.41, 5.74) is 1.27. The van der Waals surface area contributed by atoms with E-state index < -0.39 is 0 Å². The fourth-order valence-corrected chi connectivity index (χ4v) is 0.798. The van der Waals surface area contributed by atoms with Crippen LogP contribution in [0.2, 0.25) is 0 Å². The third-order valence-corrected chi connectivity index (χ3v) is 1.84. The molecule has 0 saturated carbocycles. The lowest BCUT2D eigenvalue weighted by Crippen LogP contribution is -2.11. The van der Waals surface area contributed by atoms with Gasteiger partial charge in [0.25, 0.3) is 0 Å². The highest BCUT2D eigenvalue weighted by molar-refractivity contribution is 5.83. The highest BCUT2D eigenvalue weighted by Crippen LogP contribution is 2.21. The highest BCUT2D eigenvalue weighted by Gasteiger charge is 2.12. The minimum absolute atomic E-state index is 0.376. The normalized spacial score (nSPS) is 12.2. The fourth-order valence-electron chi connectivity index (χ4n) is 0.798. The summed E-state index contributed by atoms with van der Waals surface area (Å²) in [6, 6.07) is 0. The van der Waals surface area contributed by atoms with E-state index in [2.05, 4.69) is 34.6 Å². The monoisotopic (exact) mass is 155 g/mol. The molecule has 0 aliphatic rings. The molecule has 0 heterocycles. The molecule has 0 aliphatic carbocycles. The van der Waals surface area contributed by atoms with Gasteiger partial charge >= 0.3 is 0 Å². The molecule has 1 heteroatoms. The van der Waals surface area contributed by atoms with E-state index in [1.165, 1.54) is 0 Å². The first-order chi connectivity index (χ1) is 4.83. The summed E-state index contributed by atoms with van der Waals surface area (Å²) in [5, 5.41) is 7.62. The van der Waals surface area contributed by atoms with E-state index in [0.717, 1.165) is 18.6 Å². The molecule has 0 rings (SSSR count). The lowest BCUT2D eigenvalue weighted by Gasteiger charge is -2.18. The van der Waals surface area contributed by atoms with E-state index in [1.54, 1.807) is 0 Å². The van der Waals surface area contributed by atoms with Gasteiger partial charge in [0.1, 0.15) is 0 Å². The minimum Gasteiger partial charge on any atom is -0.309 e. The summed E-state index contributed by atoms with van der Waals surface area (Å²) < 4.78 is 0. The maximum absolute atomic E-state index is 7.62. The van der Waals surface area contributed by atoms with Crippen molar-refractivity contribution in [1.82, 2.24) is 0 Å². The predicted octanol–water partition coefficient (Wildman–Crippen LogP) is 3.49. The third-order valence-electron chi connectivity index (χ3n) is 1.84. The van der Waals surface area contributed by atoms with Crippen molar-refractivity contribution in [3.8, 4) is 0 Å². The van der Waals surface area contributed by atoms with Crippen LogP contribution in [0.3, 0.4) is 0 Å². The number of hydrogen-bond acceptors (Lipinski definition) is 1. The molecular weight excluding hydrogens is 134 g/mol. The molecule has 0 fully saturated rings. The summed E-state index contributed by atoms with van der Waals surface area (Å²) in [6.45, 7) is 10.8. The summed E-state index contributed by atoms with van der Waals surface area (Å²) in [5.74, 6) is 0.428. The third kappa shape index (κ3) is 6.08. The van der Waals surface area contributed by atoms with Crippen LogP contribution in [0.5, 0.6) is 0 Å². The Morgan fingerprint density at radius 2 is 1.73 bits per heavy atom. The smallest absolute Gasteiger partial charge is 0.0115 e. The zero-order valence-electron chi connectivity index (χ0n) is 8.49. The van der Waals surface area contributed by atoms with Crippen LogP contribution in [-0.2, 0) is 0 Å². The number of nitrogens with one attached hydrogen (secondary N) is 1. The van der Waals surface area contributed by atoms with Crippen molar-refractivity contribution in [2.45, 2.75) is 47.5 Å². The molecule has 0 spiro atoms. The van der Waals surface area contributed by atoms with Gasteiger partial charge in [-0.05, 0) is 24.2 Å². The van der Waals surface area contributed by atoms with Gasteiger partial charge in [-0.3, -0.25) is 0 Å². The van der Waals surface area contributed by atoms with Crippen molar-refractivity contribution in [1.29, 1.82) is 5.41 Å². The van der Waals surface area contributed by atoms with Crippen LogP contribution in [0, 0.1) is 16.7 Å². The van der Waals surface area contributed by atoms with E-state index in [0.29, 0.717) is 11.3 Å². The Morgan fingerprint density at radius 1 is 1.27 bits per heavy atom. The standard InChI is InChI=1S/C10H21N/c1-8(2)9(11)6-7-10(3,4)5/h8,11H,6-7H2,1-5H3. The first kappa shape index (κ1) is 10.7. The average molecular weight is 155 g/mol. The van der Waals surface area contributed by atoms with E-state index in [1.807, 2.05) is 0 Å². The summed E-state index contributed by atoms with van der Waals surface area (Å²) in [7, 11) is 0. The van der Waals surface area contributed by atoms with Gasteiger partial charge in [0, 0.05) is 5.71 Å². The molecular formula is C10H21N. The van der Waals surface area contributed by atoms with Crippen molar-refractivity contribution in [2.75, 3.05) is 0 Å². The predicted molar refractivity (Wildman–Crippen MR) is 51.3 cm³/mol. The Morgan fingerprint density at radius 3 is 2.00 bits per heavy atom. The topological polar surface area (TPSA) is 23.9 Å². The van der Waals surface area contributed by atoms with Gasteiger partial charge < -0.3 is 5.41 Å². The zero-order valence-corrected chi connectivity index (χ0v) is 8.49. The van der Waals surface area contributed by atoms with Crippen LogP contribution < -0.4 is 0 Å². The Kier molecular flexibility index (Phi) is 3.77. The Hall–Kier alpha value is -0.330. The van der Waals surface area contributed by atoms with Gasteiger partial charge in [0.15, 0.2) is 0 Å². The van der Waals surface area contributed by atoms with E-state index in [9.17, 15) is 0 Å². The van der Waals surface area contributed by atoms with Crippen molar-refractivity contribution < 1.29 is 0 Å². The number of hydrogen-bond donors (Lipinski definition) is 1. The van der Waals surface area contributed by atoms with Crippen molar-refractivity contribution >= 4 is 5.71 Å². The molecule has 0 bridgehead atoms. The molecule has 1 nitrogen and oxygen atoms in total. The van der Waals surface area contributed by atoms with Crippen LogP contribution in [0.4, 0.5) is 0 Å².